The predicted octanol–water partition coefficient (Wildman–Crippen LogP) is 3.91. The summed E-state index contributed by atoms with van der Waals surface area (Å²) >= 11 is 0. The summed E-state index contributed by atoms with van der Waals surface area (Å²) in [5.41, 5.74) is 9.91. The number of fused-ring (bicyclic) bond motifs is 2. The van der Waals surface area contributed by atoms with Crippen LogP contribution < -0.4 is 15.8 Å². The van der Waals surface area contributed by atoms with Crippen molar-refractivity contribution in [3.8, 4) is 5.75 Å². The van der Waals surface area contributed by atoms with Crippen LogP contribution in [0.4, 0.5) is 0 Å². The molecule has 4 rings (SSSR count). The van der Waals surface area contributed by atoms with Gasteiger partial charge in [-0.1, -0.05) is 12.5 Å². The molecule has 1 aromatic carbocycles. The van der Waals surface area contributed by atoms with Crippen molar-refractivity contribution in [2.24, 2.45) is 17.6 Å². The molecule has 2 fully saturated rings. The number of amides is 1. The zero-order valence-electron chi connectivity index (χ0n) is 17.4. The number of carbonyl (C=O) groups excluding carboxylic acids is 1. The first-order valence-corrected chi connectivity index (χ1v) is 10.7. The number of aryl methyl sites for hydroxylation is 2. The highest BCUT2D eigenvalue weighted by Crippen LogP contribution is 2.39. The number of benzene rings is 1. The quantitative estimate of drug-likeness (QED) is 0.807. The van der Waals surface area contributed by atoms with E-state index in [-0.39, 0.29) is 11.9 Å². The number of nitrogens with zero attached hydrogens (tertiary/aromatic N) is 1. The van der Waals surface area contributed by atoms with Crippen molar-refractivity contribution in [1.82, 2.24) is 10.3 Å². The molecular formula is C24H31N3O2. The number of pyridine rings is 1. The average molecular weight is 394 g/mol. The van der Waals surface area contributed by atoms with E-state index in [1.165, 1.54) is 19.3 Å². The van der Waals surface area contributed by atoms with Gasteiger partial charge < -0.3 is 15.8 Å². The first kappa shape index (κ1) is 19.9. The lowest BCUT2D eigenvalue weighted by Crippen LogP contribution is -2.53. The van der Waals surface area contributed by atoms with Gasteiger partial charge in [-0.25, -0.2) is 0 Å². The van der Waals surface area contributed by atoms with Crippen LogP contribution in [0.2, 0.25) is 0 Å². The van der Waals surface area contributed by atoms with Crippen molar-refractivity contribution in [1.29, 1.82) is 0 Å². The summed E-state index contributed by atoms with van der Waals surface area (Å²) in [5, 5.41) is 3.35. The molecule has 2 aliphatic rings. The lowest BCUT2D eigenvalue weighted by molar-refractivity contribution is 0.0756. The Morgan fingerprint density at radius 2 is 1.90 bits per heavy atom. The highest BCUT2D eigenvalue weighted by atomic mass is 16.5. The fourth-order valence-electron chi connectivity index (χ4n) is 5.21. The molecule has 2 saturated carbocycles. The number of nitrogens with two attached hydrogens (primary N) is 1. The second-order valence-electron chi connectivity index (χ2n) is 8.77. The van der Waals surface area contributed by atoms with Crippen LogP contribution >= 0.6 is 0 Å². The maximum Gasteiger partial charge on any atom is 0.251 e. The van der Waals surface area contributed by atoms with E-state index < -0.39 is 0 Å². The Morgan fingerprint density at radius 1 is 1.21 bits per heavy atom. The molecule has 1 amide bonds. The van der Waals surface area contributed by atoms with Gasteiger partial charge in [0.1, 0.15) is 12.4 Å². The molecule has 154 valence electrons. The Kier molecular flexibility index (Phi) is 5.86. The maximum atomic E-state index is 13.0. The highest BCUT2D eigenvalue weighted by Gasteiger charge is 2.40. The zero-order valence-corrected chi connectivity index (χ0v) is 17.4. The Bertz CT molecular complexity index is 831. The van der Waals surface area contributed by atoms with Crippen molar-refractivity contribution in [3.05, 3.63) is 58.9 Å². The first-order valence-electron chi connectivity index (χ1n) is 10.7. The number of ether oxygens (including phenoxy) is 1. The van der Waals surface area contributed by atoms with Gasteiger partial charge in [-0.15, -0.1) is 0 Å². The first-order chi connectivity index (χ1) is 14.0. The van der Waals surface area contributed by atoms with Gasteiger partial charge in [0, 0.05) is 35.6 Å². The van der Waals surface area contributed by atoms with Crippen molar-refractivity contribution in [2.75, 3.05) is 0 Å². The van der Waals surface area contributed by atoms with Crippen molar-refractivity contribution in [2.45, 2.75) is 64.6 Å². The van der Waals surface area contributed by atoms with E-state index in [1.807, 2.05) is 38.1 Å². The Hall–Kier alpha value is -2.40. The topological polar surface area (TPSA) is 77.2 Å². The van der Waals surface area contributed by atoms with Gasteiger partial charge in [0.2, 0.25) is 0 Å². The third-order valence-electron chi connectivity index (χ3n) is 6.50. The minimum Gasteiger partial charge on any atom is -0.488 e. The molecule has 1 aromatic heterocycles. The Balaban J connectivity index is 1.45. The van der Waals surface area contributed by atoms with E-state index in [4.69, 9.17) is 10.5 Å². The fraction of sp³-hybridized carbons (Fsp3) is 0.500. The third-order valence-corrected chi connectivity index (χ3v) is 6.50. The van der Waals surface area contributed by atoms with Gasteiger partial charge in [-0.05, 0) is 80.7 Å². The summed E-state index contributed by atoms with van der Waals surface area (Å²) in [6.45, 7) is 4.46. The van der Waals surface area contributed by atoms with Crippen LogP contribution in [0.3, 0.4) is 0 Å². The van der Waals surface area contributed by atoms with Gasteiger partial charge in [0.25, 0.3) is 5.91 Å². The number of hydrogen-bond donors (Lipinski definition) is 2. The SMILES string of the molecule is Cc1cc(C(=O)NC2C3CCCC2CC(N)C3)cc(C)c1OCc1cccnc1. The summed E-state index contributed by atoms with van der Waals surface area (Å²) < 4.78 is 6.03. The molecule has 2 aromatic rings. The van der Waals surface area contributed by atoms with Crippen LogP contribution in [-0.4, -0.2) is 23.0 Å². The molecule has 5 nitrogen and oxygen atoms in total. The molecule has 2 aliphatic carbocycles. The Labute approximate surface area is 173 Å². The number of aromatic nitrogens is 1. The minimum atomic E-state index is 0.0207. The minimum absolute atomic E-state index is 0.0207. The summed E-state index contributed by atoms with van der Waals surface area (Å²) in [6, 6.07) is 8.32. The largest absolute Gasteiger partial charge is 0.488 e. The van der Waals surface area contributed by atoms with Crippen molar-refractivity contribution >= 4 is 5.91 Å². The second kappa shape index (κ2) is 8.54. The van der Waals surface area contributed by atoms with E-state index in [0.717, 1.165) is 35.3 Å². The van der Waals surface area contributed by atoms with Gasteiger partial charge in [-0.2, -0.15) is 0 Å². The molecule has 29 heavy (non-hydrogen) atoms. The van der Waals surface area contributed by atoms with Crippen LogP contribution in [0.15, 0.2) is 36.7 Å². The normalized spacial score (nSPS) is 26.0. The molecule has 0 saturated heterocycles. The second-order valence-corrected chi connectivity index (χ2v) is 8.77. The number of nitrogens with one attached hydrogen (secondary N) is 1. The number of carbonyl (C=O) groups is 1. The van der Waals surface area contributed by atoms with Gasteiger partial charge in [-0.3, -0.25) is 9.78 Å². The molecule has 2 atom stereocenters. The maximum absolute atomic E-state index is 13.0. The van der Waals surface area contributed by atoms with Gasteiger partial charge >= 0.3 is 0 Å². The summed E-state index contributed by atoms with van der Waals surface area (Å²) in [7, 11) is 0. The molecular weight excluding hydrogens is 362 g/mol. The standard InChI is InChI=1S/C24H31N3O2/c1-15-9-20(10-16(2)23(15)29-14-17-5-4-8-26-13-17)24(28)27-22-18-6-3-7-19(22)12-21(25)11-18/h4-5,8-10,13,18-19,21-22H,3,6-7,11-12,14,25H2,1-2H3,(H,27,28). The van der Waals surface area contributed by atoms with E-state index in [2.05, 4.69) is 10.3 Å². The molecule has 0 spiro atoms. The van der Waals surface area contributed by atoms with Crippen molar-refractivity contribution < 1.29 is 9.53 Å². The smallest absolute Gasteiger partial charge is 0.251 e. The van der Waals surface area contributed by atoms with E-state index >= 15 is 0 Å². The molecule has 0 radical (unpaired) electrons. The Morgan fingerprint density at radius 3 is 2.52 bits per heavy atom. The molecule has 3 N–H and O–H groups in total. The van der Waals surface area contributed by atoms with E-state index in [9.17, 15) is 4.79 Å². The summed E-state index contributed by atoms with van der Waals surface area (Å²) in [4.78, 5) is 17.2. The van der Waals surface area contributed by atoms with Crippen LogP contribution in [0.5, 0.6) is 5.75 Å². The number of rotatable bonds is 5. The van der Waals surface area contributed by atoms with Gasteiger partial charge in [0.05, 0.1) is 0 Å². The highest BCUT2D eigenvalue weighted by molar-refractivity contribution is 5.95. The number of hydrogen-bond acceptors (Lipinski definition) is 4. The van der Waals surface area contributed by atoms with Crippen molar-refractivity contribution in [3.63, 3.8) is 0 Å². The zero-order chi connectivity index (χ0) is 20.4. The third kappa shape index (κ3) is 4.45. The fourth-order valence-corrected chi connectivity index (χ4v) is 5.21. The van der Waals surface area contributed by atoms with E-state index in [0.29, 0.717) is 30.0 Å². The molecule has 2 unspecified atom stereocenters. The van der Waals surface area contributed by atoms with Gasteiger partial charge in [0.15, 0.2) is 0 Å². The molecule has 1 heterocycles. The molecule has 2 bridgehead atoms. The van der Waals surface area contributed by atoms with Crippen LogP contribution in [-0.2, 0) is 6.61 Å². The molecule has 0 aliphatic heterocycles. The summed E-state index contributed by atoms with van der Waals surface area (Å²) in [5.74, 6) is 1.90. The summed E-state index contributed by atoms with van der Waals surface area (Å²) in [6.07, 6.45) is 9.22. The lowest BCUT2D eigenvalue weighted by Gasteiger charge is -2.45. The van der Waals surface area contributed by atoms with Crippen LogP contribution in [0, 0.1) is 25.7 Å². The predicted molar refractivity (Wildman–Crippen MR) is 114 cm³/mol. The average Bonchev–Trinajstić information content (AvgIpc) is 2.68. The van der Waals surface area contributed by atoms with E-state index in [1.54, 1.807) is 12.4 Å². The molecule has 5 heteroatoms. The lowest BCUT2D eigenvalue weighted by atomic mass is 9.67. The monoisotopic (exact) mass is 393 g/mol. The van der Waals surface area contributed by atoms with Crippen LogP contribution in [0.25, 0.3) is 0 Å². The van der Waals surface area contributed by atoms with Crippen LogP contribution in [0.1, 0.15) is 59.2 Å².